The fourth-order valence-corrected chi connectivity index (χ4v) is 2.04. The largest absolute Gasteiger partial charge is 0.495 e. The number of carbonyl (C=O) groups excluding carboxylic acids is 1. The summed E-state index contributed by atoms with van der Waals surface area (Å²) >= 11 is 5.98. The monoisotopic (exact) mass is 337 g/mol. The number of benzene rings is 1. The lowest BCUT2D eigenvalue weighted by molar-refractivity contribution is -0.112. The summed E-state index contributed by atoms with van der Waals surface area (Å²) in [6, 6.07) is 6.67. The SMILES string of the molecule is COc1ccc(NC(=O)/C(C#N)=C\NCCCCCO)cc1Cl. The molecule has 3 N–H and O–H groups in total. The number of halogens is 1. The maximum atomic E-state index is 12.0. The molecule has 0 aliphatic rings. The number of aliphatic hydroxyl groups excluding tert-OH is 1. The van der Waals surface area contributed by atoms with E-state index in [1.807, 2.05) is 6.07 Å². The highest BCUT2D eigenvalue weighted by molar-refractivity contribution is 6.32. The van der Waals surface area contributed by atoms with E-state index in [-0.39, 0.29) is 12.2 Å². The van der Waals surface area contributed by atoms with Crippen LogP contribution in [0.25, 0.3) is 0 Å². The fraction of sp³-hybridized carbons (Fsp3) is 0.375. The molecule has 0 aliphatic heterocycles. The topological polar surface area (TPSA) is 94.4 Å². The summed E-state index contributed by atoms with van der Waals surface area (Å²) in [6.45, 7) is 0.804. The standard InChI is InChI=1S/C16H20ClN3O3/c1-23-15-6-5-13(9-14(15)17)20-16(22)12(10-18)11-19-7-3-2-4-8-21/h5-6,9,11,19,21H,2-4,7-8H2,1H3,(H,20,22)/b12-11-. The summed E-state index contributed by atoms with van der Waals surface area (Å²) in [6.07, 6.45) is 3.87. The van der Waals surface area contributed by atoms with Crippen LogP contribution in [-0.2, 0) is 4.79 Å². The molecule has 0 unspecified atom stereocenters. The number of carbonyl (C=O) groups is 1. The van der Waals surface area contributed by atoms with E-state index in [0.717, 1.165) is 19.3 Å². The van der Waals surface area contributed by atoms with Crippen LogP contribution in [0.2, 0.25) is 5.02 Å². The van der Waals surface area contributed by atoms with Gasteiger partial charge in [0.05, 0.1) is 12.1 Å². The maximum absolute atomic E-state index is 12.0. The number of hydrogen-bond acceptors (Lipinski definition) is 5. The highest BCUT2D eigenvalue weighted by atomic mass is 35.5. The number of nitrogens with zero attached hydrogens (tertiary/aromatic N) is 1. The number of ether oxygens (including phenoxy) is 1. The van der Waals surface area contributed by atoms with Crippen LogP contribution in [0, 0.1) is 11.3 Å². The van der Waals surface area contributed by atoms with Crippen LogP contribution < -0.4 is 15.4 Å². The molecule has 0 spiro atoms. The van der Waals surface area contributed by atoms with Gasteiger partial charge in [-0.1, -0.05) is 11.6 Å². The number of methoxy groups -OCH3 is 1. The van der Waals surface area contributed by atoms with Crippen LogP contribution in [0.4, 0.5) is 5.69 Å². The van der Waals surface area contributed by atoms with Gasteiger partial charge in [0.15, 0.2) is 0 Å². The zero-order chi connectivity index (χ0) is 17.1. The lowest BCUT2D eigenvalue weighted by atomic mass is 10.2. The van der Waals surface area contributed by atoms with Gasteiger partial charge in [-0.05, 0) is 37.5 Å². The molecule has 1 aromatic rings. The Morgan fingerprint density at radius 3 is 2.83 bits per heavy atom. The van der Waals surface area contributed by atoms with Crippen molar-refractivity contribution in [3.05, 3.63) is 35.0 Å². The van der Waals surface area contributed by atoms with Crippen LogP contribution in [0.1, 0.15) is 19.3 Å². The van der Waals surface area contributed by atoms with E-state index in [9.17, 15) is 4.79 Å². The van der Waals surface area contributed by atoms with Crippen molar-refractivity contribution in [2.45, 2.75) is 19.3 Å². The second-order valence-electron chi connectivity index (χ2n) is 4.71. The molecular formula is C16H20ClN3O3. The Balaban J connectivity index is 2.56. The minimum absolute atomic E-state index is 0.0286. The third-order valence-electron chi connectivity index (χ3n) is 3.00. The summed E-state index contributed by atoms with van der Waals surface area (Å²) in [4.78, 5) is 12.0. The number of anilines is 1. The van der Waals surface area contributed by atoms with Gasteiger partial charge in [0, 0.05) is 25.0 Å². The Morgan fingerprint density at radius 1 is 1.43 bits per heavy atom. The fourth-order valence-electron chi connectivity index (χ4n) is 1.78. The minimum Gasteiger partial charge on any atom is -0.495 e. The van der Waals surface area contributed by atoms with Crippen molar-refractivity contribution in [2.24, 2.45) is 0 Å². The first-order valence-corrected chi connectivity index (χ1v) is 7.59. The first-order valence-electron chi connectivity index (χ1n) is 7.21. The molecule has 0 saturated carbocycles. The van der Waals surface area contributed by atoms with Crippen molar-refractivity contribution in [3.8, 4) is 11.8 Å². The van der Waals surface area contributed by atoms with Gasteiger partial charge in [-0.3, -0.25) is 4.79 Å². The Kier molecular flexibility index (Phi) is 8.58. The van der Waals surface area contributed by atoms with Crippen LogP contribution in [0.15, 0.2) is 30.0 Å². The molecule has 1 rings (SSSR count). The van der Waals surface area contributed by atoms with Gasteiger partial charge >= 0.3 is 0 Å². The summed E-state index contributed by atoms with van der Waals surface area (Å²) < 4.78 is 5.03. The Morgan fingerprint density at radius 2 is 2.22 bits per heavy atom. The summed E-state index contributed by atoms with van der Waals surface area (Å²) in [5.41, 5.74) is 0.448. The third kappa shape index (κ3) is 6.59. The highest BCUT2D eigenvalue weighted by Gasteiger charge is 2.10. The number of hydrogen-bond donors (Lipinski definition) is 3. The lowest BCUT2D eigenvalue weighted by Gasteiger charge is -2.08. The quantitative estimate of drug-likeness (QED) is 0.365. The molecule has 0 fully saturated rings. The molecule has 1 amide bonds. The molecule has 7 heteroatoms. The van der Waals surface area contributed by atoms with Gasteiger partial charge in [-0.2, -0.15) is 5.26 Å². The van der Waals surface area contributed by atoms with Crippen molar-refractivity contribution in [3.63, 3.8) is 0 Å². The molecular weight excluding hydrogens is 318 g/mol. The Hall–Kier alpha value is -2.23. The molecule has 1 aromatic carbocycles. The normalized spacial score (nSPS) is 10.8. The van der Waals surface area contributed by atoms with Crippen LogP contribution in [0.5, 0.6) is 5.75 Å². The van der Waals surface area contributed by atoms with Crippen molar-refractivity contribution < 1.29 is 14.6 Å². The van der Waals surface area contributed by atoms with Crippen molar-refractivity contribution in [1.82, 2.24) is 5.32 Å². The van der Waals surface area contributed by atoms with Gasteiger partial charge in [0.1, 0.15) is 17.4 Å². The average molecular weight is 338 g/mol. The predicted octanol–water partition coefficient (Wildman–Crippen LogP) is 2.45. The van der Waals surface area contributed by atoms with Crippen LogP contribution >= 0.6 is 11.6 Å². The molecule has 0 aliphatic carbocycles. The average Bonchev–Trinajstić information content (AvgIpc) is 2.54. The van der Waals surface area contributed by atoms with E-state index in [1.165, 1.54) is 13.3 Å². The van der Waals surface area contributed by atoms with Crippen molar-refractivity contribution >= 4 is 23.2 Å². The van der Waals surface area contributed by atoms with E-state index in [4.69, 9.17) is 26.7 Å². The Labute approximate surface area is 140 Å². The van der Waals surface area contributed by atoms with Crippen LogP contribution in [0.3, 0.4) is 0 Å². The lowest BCUT2D eigenvalue weighted by Crippen LogP contribution is -2.17. The summed E-state index contributed by atoms with van der Waals surface area (Å²) in [5.74, 6) is -0.0122. The number of nitriles is 1. The molecule has 6 nitrogen and oxygen atoms in total. The molecule has 0 atom stereocenters. The molecule has 0 radical (unpaired) electrons. The van der Waals surface area contributed by atoms with Gasteiger partial charge in [0.25, 0.3) is 5.91 Å². The van der Waals surface area contributed by atoms with E-state index < -0.39 is 5.91 Å². The number of nitrogens with one attached hydrogen (secondary N) is 2. The number of unbranched alkanes of at least 4 members (excludes halogenated alkanes) is 2. The molecule has 0 saturated heterocycles. The number of aliphatic hydroxyl groups is 1. The summed E-state index contributed by atoms with van der Waals surface area (Å²) in [7, 11) is 1.50. The minimum atomic E-state index is -0.517. The second-order valence-corrected chi connectivity index (χ2v) is 5.12. The van der Waals surface area contributed by atoms with E-state index in [2.05, 4.69) is 10.6 Å². The molecule has 0 heterocycles. The maximum Gasteiger partial charge on any atom is 0.267 e. The first kappa shape index (κ1) is 18.8. The van der Waals surface area contributed by atoms with E-state index >= 15 is 0 Å². The number of rotatable bonds is 9. The van der Waals surface area contributed by atoms with Crippen LogP contribution in [-0.4, -0.2) is 31.3 Å². The molecule has 124 valence electrons. The van der Waals surface area contributed by atoms with Crippen molar-refractivity contribution in [2.75, 3.05) is 25.6 Å². The van der Waals surface area contributed by atoms with Gasteiger partial charge in [0.2, 0.25) is 0 Å². The molecule has 23 heavy (non-hydrogen) atoms. The van der Waals surface area contributed by atoms with Gasteiger partial charge < -0.3 is 20.5 Å². The smallest absolute Gasteiger partial charge is 0.267 e. The zero-order valence-electron chi connectivity index (χ0n) is 12.9. The predicted molar refractivity (Wildman–Crippen MR) is 89.3 cm³/mol. The number of amides is 1. The van der Waals surface area contributed by atoms with E-state index in [1.54, 1.807) is 18.2 Å². The van der Waals surface area contributed by atoms with Crippen molar-refractivity contribution in [1.29, 1.82) is 5.26 Å². The summed E-state index contributed by atoms with van der Waals surface area (Å²) in [5, 5.41) is 23.6. The first-order chi connectivity index (χ1) is 11.1. The molecule has 0 aromatic heterocycles. The zero-order valence-corrected chi connectivity index (χ0v) is 13.7. The second kappa shape index (κ2) is 10.5. The third-order valence-corrected chi connectivity index (χ3v) is 3.30. The van der Waals surface area contributed by atoms with E-state index in [0.29, 0.717) is 23.0 Å². The highest BCUT2D eigenvalue weighted by Crippen LogP contribution is 2.27. The Bertz CT molecular complexity index is 597. The molecule has 0 bridgehead atoms. The van der Waals surface area contributed by atoms with Gasteiger partial charge in [-0.15, -0.1) is 0 Å². The van der Waals surface area contributed by atoms with Gasteiger partial charge in [-0.25, -0.2) is 0 Å².